The first-order valence-corrected chi connectivity index (χ1v) is 12.7. The number of halogens is 1. The number of likely N-dealkylation sites (N-methyl/N-ethyl adjacent to an activating group) is 1. The molecule has 15 nitrogen and oxygen atoms in total. The van der Waals surface area contributed by atoms with Crippen LogP contribution < -0.4 is 10.6 Å². The summed E-state index contributed by atoms with van der Waals surface area (Å²) in [6.45, 7) is -1.22. The van der Waals surface area contributed by atoms with Crippen LogP contribution in [-0.4, -0.2) is 112 Å². The number of H-pyrrole nitrogens is 1. The Hall–Kier alpha value is -4.12. The Morgan fingerprint density at radius 1 is 1.05 bits per heavy atom. The van der Waals surface area contributed by atoms with Crippen molar-refractivity contribution in [3.05, 3.63) is 53.2 Å². The van der Waals surface area contributed by atoms with Gasteiger partial charge < -0.3 is 45.6 Å². The van der Waals surface area contributed by atoms with E-state index in [9.17, 15) is 30.0 Å². The summed E-state index contributed by atoms with van der Waals surface area (Å²) in [5, 5.41) is 68.9. The molecule has 0 aliphatic rings. The molecule has 2 heterocycles. The van der Waals surface area contributed by atoms with Gasteiger partial charge in [-0.25, -0.2) is 4.79 Å². The van der Waals surface area contributed by atoms with E-state index < -0.39 is 49.5 Å². The van der Waals surface area contributed by atoms with Crippen molar-refractivity contribution >= 4 is 45.8 Å². The van der Waals surface area contributed by atoms with E-state index in [1.165, 1.54) is 7.05 Å². The number of amides is 3. The van der Waals surface area contributed by atoms with Crippen molar-refractivity contribution in [1.29, 1.82) is 0 Å². The van der Waals surface area contributed by atoms with Gasteiger partial charge in [0.05, 0.1) is 30.0 Å². The number of rotatable bonds is 10. The number of aromatic nitrogens is 5. The minimum absolute atomic E-state index is 0.241. The number of urea groups is 1. The molecule has 2 aromatic carbocycles. The average molecular weight is 589 g/mol. The van der Waals surface area contributed by atoms with Crippen LogP contribution in [0.4, 0.5) is 16.2 Å². The molecule has 218 valence electrons. The first-order chi connectivity index (χ1) is 19.5. The number of nitrogens with one attached hydrogen (secondary N) is 3. The van der Waals surface area contributed by atoms with Crippen LogP contribution in [0.5, 0.6) is 0 Å². The lowest BCUT2D eigenvalue weighted by Crippen LogP contribution is -2.50. The first-order valence-electron chi connectivity index (χ1n) is 12.3. The van der Waals surface area contributed by atoms with Gasteiger partial charge in [-0.3, -0.25) is 4.79 Å². The number of aliphatic hydroxyl groups is 5. The summed E-state index contributed by atoms with van der Waals surface area (Å²) in [7, 11) is 3.02. The summed E-state index contributed by atoms with van der Waals surface area (Å²) in [5.74, 6) is -0.212. The van der Waals surface area contributed by atoms with Crippen molar-refractivity contribution in [2.75, 3.05) is 30.8 Å². The minimum atomic E-state index is -1.82. The van der Waals surface area contributed by atoms with Gasteiger partial charge >= 0.3 is 6.03 Å². The molecule has 2 aromatic heterocycles. The second-order valence-corrected chi connectivity index (χ2v) is 9.76. The number of carbonyl (C=O) groups is 2. The van der Waals surface area contributed by atoms with E-state index in [1.54, 1.807) is 54.1 Å². The molecule has 0 aliphatic heterocycles. The molecule has 16 heteroatoms. The van der Waals surface area contributed by atoms with Crippen molar-refractivity contribution < 1.29 is 35.1 Å². The van der Waals surface area contributed by atoms with E-state index in [2.05, 4.69) is 31.3 Å². The largest absolute Gasteiger partial charge is 0.394 e. The maximum atomic E-state index is 13.3. The number of benzene rings is 2. The van der Waals surface area contributed by atoms with Gasteiger partial charge in [0, 0.05) is 30.1 Å². The number of hydrogen-bond acceptors (Lipinski definition) is 10. The van der Waals surface area contributed by atoms with Crippen LogP contribution in [0.1, 0.15) is 10.5 Å². The lowest BCUT2D eigenvalue weighted by atomic mass is 10.0. The van der Waals surface area contributed by atoms with Crippen molar-refractivity contribution in [2.24, 2.45) is 7.05 Å². The highest BCUT2D eigenvalue weighted by atomic mass is 35.5. The van der Waals surface area contributed by atoms with E-state index in [0.717, 1.165) is 4.90 Å². The number of carbonyl (C=O) groups excluding carboxylic acids is 2. The zero-order valence-electron chi connectivity index (χ0n) is 21.9. The molecule has 0 bridgehead atoms. The predicted octanol–water partition coefficient (Wildman–Crippen LogP) is 0.164. The average Bonchev–Trinajstić information content (AvgIpc) is 3.61. The molecule has 4 aromatic rings. The monoisotopic (exact) mass is 588 g/mol. The molecular weight excluding hydrogens is 560 g/mol. The number of aliphatic hydroxyl groups excluding tert-OH is 5. The van der Waals surface area contributed by atoms with E-state index in [1.807, 2.05) is 0 Å². The van der Waals surface area contributed by atoms with E-state index in [-0.39, 0.29) is 11.5 Å². The van der Waals surface area contributed by atoms with E-state index >= 15 is 0 Å². The molecule has 0 radical (unpaired) electrons. The Morgan fingerprint density at radius 3 is 2.46 bits per heavy atom. The maximum absolute atomic E-state index is 13.3. The minimum Gasteiger partial charge on any atom is -0.394 e. The topological polar surface area (TPSA) is 222 Å². The summed E-state index contributed by atoms with van der Waals surface area (Å²) >= 11 is 6.13. The van der Waals surface area contributed by atoms with Crippen LogP contribution in [0.15, 0.2) is 42.5 Å². The Kier molecular flexibility index (Phi) is 9.17. The highest BCUT2D eigenvalue weighted by Crippen LogP contribution is 2.30. The predicted molar refractivity (Wildman–Crippen MR) is 148 cm³/mol. The third-order valence-corrected chi connectivity index (χ3v) is 6.71. The summed E-state index contributed by atoms with van der Waals surface area (Å²) in [6, 6.07) is 10.9. The highest BCUT2D eigenvalue weighted by Gasteiger charge is 2.31. The van der Waals surface area contributed by atoms with Gasteiger partial charge in [0.1, 0.15) is 30.1 Å². The normalized spacial score (nSPS) is 14.3. The lowest BCUT2D eigenvalue weighted by molar-refractivity contribution is -0.117. The van der Waals surface area contributed by atoms with Gasteiger partial charge in [-0.1, -0.05) is 23.7 Å². The zero-order chi connectivity index (χ0) is 29.8. The Bertz CT molecular complexity index is 1530. The zero-order valence-corrected chi connectivity index (χ0v) is 22.7. The molecule has 41 heavy (non-hydrogen) atoms. The van der Waals surface area contributed by atoms with Crippen LogP contribution in [0.3, 0.4) is 0 Å². The van der Waals surface area contributed by atoms with Gasteiger partial charge in [0.15, 0.2) is 0 Å². The molecule has 4 rings (SSSR count). The summed E-state index contributed by atoms with van der Waals surface area (Å²) in [6.07, 6.45) is -6.91. The Labute approximate surface area is 238 Å². The van der Waals surface area contributed by atoms with Crippen molar-refractivity contribution in [2.45, 2.75) is 24.4 Å². The number of nitrogens with zero attached hydrogens (tertiary/aromatic N) is 5. The molecule has 0 spiro atoms. The standard InChI is InChI=1S/C25H29ClN8O7/c1-33(10-18(36)21(38)22(39)19(37)11-35)25(41)28-16-5-3-4-12-8-17(34(2)20(12)16)24(40)27-15-7-6-13(26)9-14(15)23-29-31-32-30-23/h3-9,18-19,21-22,35-39H,10-11H2,1-2H3,(H,27,40)(H,28,41)(H,29,30,31,32). The van der Waals surface area contributed by atoms with Gasteiger partial charge in [0.25, 0.3) is 5.91 Å². The van der Waals surface area contributed by atoms with Crippen LogP contribution >= 0.6 is 11.6 Å². The fourth-order valence-corrected chi connectivity index (χ4v) is 4.43. The molecule has 0 fully saturated rings. The molecule has 0 aliphatic carbocycles. The number of aryl methyl sites for hydroxylation is 1. The van der Waals surface area contributed by atoms with Gasteiger partial charge in [0.2, 0.25) is 5.82 Å². The third kappa shape index (κ3) is 6.45. The number of tetrazole rings is 1. The lowest BCUT2D eigenvalue weighted by Gasteiger charge is -2.28. The second kappa shape index (κ2) is 12.6. The molecule has 3 amide bonds. The number of para-hydroxylation sites is 1. The number of anilines is 2. The smallest absolute Gasteiger partial charge is 0.321 e. The Balaban J connectivity index is 1.52. The molecule has 8 N–H and O–H groups in total. The Morgan fingerprint density at radius 2 is 1.78 bits per heavy atom. The second-order valence-electron chi connectivity index (χ2n) is 9.32. The molecule has 0 saturated carbocycles. The quantitative estimate of drug-likeness (QED) is 0.125. The highest BCUT2D eigenvalue weighted by molar-refractivity contribution is 6.31. The number of fused-ring (bicyclic) bond motifs is 1. The van der Waals surface area contributed by atoms with Crippen LogP contribution in [0.25, 0.3) is 22.3 Å². The maximum Gasteiger partial charge on any atom is 0.321 e. The van der Waals surface area contributed by atoms with Crippen LogP contribution in [-0.2, 0) is 7.05 Å². The summed E-state index contributed by atoms with van der Waals surface area (Å²) in [4.78, 5) is 27.3. The van der Waals surface area contributed by atoms with Gasteiger partial charge in [-0.15, -0.1) is 10.2 Å². The molecular formula is C25H29ClN8O7. The number of hydrogen-bond donors (Lipinski definition) is 8. The fourth-order valence-electron chi connectivity index (χ4n) is 4.25. The molecule has 4 atom stereocenters. The summed E-state index contributed by atoms with van der Waals surface area (Å²) < 4.78 is 1.61. The molecule has 4 unspecified atom stereocenters. The van der Waals surface area contributed by atoms with E-state index in [4.69, 9.17) is 16.7 Å². The van der Waals surface area contributed by atoms with Gasteiger partial charge in [-0.2, -0.15) is 5.21 Å². The van der Waals surface area contributed by atoms with Crippen molar-refractivity contribution in [1.82, 2.24) is 30.1 Å². The van der Waals surface area contributed by atoms with Crippen LogP contribution in [0.2, 0.25) is 5.02 Å². The van der Waals surface area contributed by atoms with Crippen LogP contribution in [0, 0.1) is 0 Å². The number of aromatic amines is 1. The summed E-state index contributed by atoms with van der Waals surface area (Å²) in [5.41, 5.74) is 2.04. The van der Waals surface area contributed by atoms with Gasteiger partial charge in [-0.05, 0) is 35.5 Å². The first kappa shape index (κ1) is 29.9. The van der Waals surface area contributed by atoms with E-state index in [0.29, 0.717) is 32.9 Å². The SMILES string of the molecule is CN(CC(O)C(O)C(O)C(O)CO)C(=O)Nc1cccc2cc(C(=O)Nc3ccc(Cl)cc3-c3nn[nH]n3)n(C)c12. The van der Waals surface area contributed by atoms with Crippen molar-refractivity contribution in [3.63, 3.8) is 0 Å². The fraction of sp³-hybridized carbons (Fsp3) is 0.320. The van der Waals surface area contributed by atoms with Crippen molar-refractivity contribution in [3.8, 4) is 11.4 Å². The molecule has 0 saturated heterocycles. The third-order valence-electron chi connectivity index (χ3n) is 6.48.